The van der Waals surface area contributed by atoms with Crippen LogP contribution in [0.4, 0.5) is 38.1 Å². The number of halogens is 6. The number of hydrogen-bond donors (Lipinski definition) is 0. The van der Waals surface area contributed by atoms with Crippen molar-refractivity contribution >= 4 is 28.7 Å². The molecule has 4 aromatic rings. The van der Waals surface area contributed by atoms with Gasteiger partial charge in [0.25, 0.3) is 5.95 Å². The summed E-state index contributed by atoms with van der Waals surface area (Å²) in [5.74, 6) is 0.492. The Hall–Kier alpha value is -4.24. The van der Waals surface area contributed by atoms with E-state index >= 15 is 0 Å². The first kappa shape index (κ1) is 32.7. The van der Waals surface area contributed by atoms with Gasteiger partial charge < -0.3 is 4.90 Å². The van der Waals surface area contributed by atoms with Crippen molar-refractivity contribution in [1.82, 2.24) is 35.0 Å². The number of alkyl halides is 6. The van der Waals surface area contributed by atoms with Crippen LogP contribution in [0.1, 0.15) is 72.9 Å². The van der Waals surface area contributed by atoms with Crippen LogP contribution in [0.5, 0.6) is 0 Å². The SMILES string of the molecule is Cc1nn(C)c2nc(N(CC3CC3)C(=O)C3CCCCC3)c(CN(Cc3cc(C(F)(F)F)cc(C(F)(F)F)c3)c3nnn(C)n3)cc12. The molecular weight excluding hydrogens is 628 g/mol. The highest BCUT2D eigenvalue weighted by atomic mass is 19.4. The van der Waals surface area contributed by atoms with Gasteiger partial charge >= 0.3 is 12.4 Å². The molecule has 3 heterocycles. The normalized spacial score (nSPS) is 16.2. The van der Waals surface area contributed by atoms with E-state index in [4.69, 9.17) is 4.98 Å². The zero-order valence-corrected chi connectivity index (χ0v) is 26.2. The number of fused-ring (bicyclic) bond motifs is 1. The van der Waals surface area contributed by atoms with Crippen molar-refractivity contribution in [2.24, 2.45) is 25.9 Å². The van der Waals surface area contributed by atoms with Crippen molar-refractivity contribution < 1.29 is 31.1 Å². The maximum absolute atomic E-state index is 14.2. The molecule has 47 heavy (non-hydrogen) atoms. The molecule has 2 saturated carbocycles. The number of benzene rings is 1. The number of aromatic nitrogens is 7. The average molecular weight is 664 g/mol. The van der Waals surface area contributed by atoms with Crippen molar-refractivity contribution in [3.05, 3.63) is 52.2 Å². The lowest BCUT2D eigenvalue weighted by molar-refractivity contribution is -0.143. The molecule has 1 aromatic carbocycles. The largest absolute Gasteiger partial charge is 0.416 e. The Balaban J connectivity index is 1.46. The van der Waals surface area contributed by atoms with E-state index in [2.05, 4.69) is 20.5 Å². The minimum Gasteiger partial charge on any atom is -0.329 e. The van der Waals surface area contributed by atoms with Gasteiger partial charge in [0.15, 0.2) is 5.65 Å². The van der Waals surface area contributed by atoms with E-state index < -0.39 is 30.0 Å². The lowest BCUT2D eigenvalue weighted by Crippen LogP contribution is -2.40. The highest BCUT2D eigenvalue weighted by Gasteiger charge is 2.38. The minimum atomic E-state index is -5.01. The number of aryl methyl sites for hydroxylation is 3. The van der Waals surface area contributed by atoms with Gasteiger partial charge in [-0.3, -0.25) is 14.4 Å². The summed E-state index contributed by atoms with van der Waals surface area (Å²) >= 11 is 0. The molecule has 0 spiro atoms. The third kappa shape index (κ3) is 7.20. The summed E-state index contributed by atoms with van der Waals surface area (Å²) in [7, 11) is 3.25. The maximum atomic E-state index is 14.2. The number of anilines is 2. The first-order valence-corrected chi connectivity index (χ1v) is 15.6. The number of carbonyl (C=O) groups is 1. The minimum absolute atomic E-state index is 0.0141. The molecule has 1 amide bonds. The Bertz CT molecular complexity index is 1740. The van der Waals surface area contributed by atoms with E-state index in [1.165, 1.54) is 11.9 Å². The number of carbonyl (C=O) groups excluding carboxylic acids is 1. The van der Waals surface area contributed by atoms with Crippen molar-refractivity contribution in [3.8, 4) is 0 Å². The van der Waals surface area contributed by atoms with Gasteiger partial charge in [-0.2, -0.15) is 36.2 Å². The number of pyridine rings is 1. The van der Waals surface area contributed by atoms with Gasteiger partial charge in [-0.25, -0.2) is 4.98 Å². The molecular formula is C31H35F6N9O. The molecule has 0 aliphatic heterocycles. The van der Waals surface area contributed by atoms with Crippen LogP contribution in [-0.4, -0.2) is 47.4 Å². The topological polar surface area (TPSA) is 97.9 Å². The molecule has 6 rings (SSSR count). The third-order valence-electron chi connectivity index (χ3n) is 8.83. The Kier molecular flexibility index (Phi) is 8.63. The summed E-state index contributed by atoms with van der Waals surface area (Å²) in [5.41, 5.74) is -1.33. The summed E-state index contributed by atoms with van der Waals surface area (Å²) < 4.78 is 84.1. The van der Waals surface area contributed by atoms with Crippen molar-refractivity contribution in [2.45, 2.75) is 77.3 Å². The van der Waals surface area contributed by atoms with E-state index in [-0.39, 0.29) is 35.9 Å². The Labute approximate surface area is 266 Å². The van der Waals surface area contributed by atoms with Crippen LogP contribution in [0.25, 0.3) is 11.0 Å². The zero-order chi connectivity index (χ0) is 33.7. The van der Waals surface area contributed by atoms with Gasteiger partial charge in [-0.15, -0.1) is 5.10 Å². The molecule has 0 atom stereocenters. The molecule has 2 aliphatic carbocycles. The van der Waals surface area contributed by atoms with Crippen LogP contribution in [0.3, 0.4) is 0 Å². The van der Waals surface area contributed by atoms with Crippen LogP contribution >= 0.6 is 0 Å². The third-order valence-corrected chi connectivity index (χ3v) is 8.83. The quantitative estimate of drug-likeness (QED) is 0.192. The van der Waals surface area contributed by atoms with Gasteiger partial charge in [-0.05, 0) is 73.6 Å². The second-order valence-corrected chi connectivity index (χ2v) is 12.6. The van der Waals surface area contributed by atoms with Gasteiger partial charge in [0, 0.05) is 37.0 Å². The van der Waals surface area contributed by atoms with Crippen molar-refractivity contribution in [2.75, 3.05) is 16.3 Å². The number of hydrogen-bond acceptors (Lipinski definition) is 7. The van der Waals surface area contributed by atoms with Crippen molar-refractivity contribution in [1.29, 1.82) is 0 Å². The number of amides is 1. The molecule has 16 heteroatoms. The molecule has 252 valence electrons. The second kappa shape index (κ2) is 12.4. The monoisotopic (exact) mass is 663 g/mol. The van der Waals surface area contributed by atoms with E-state index in [9.17, 15) is 31.1 Å². The average Bonchev–Trinajstić information content (AvgIpc) is 3.67. The lowest BCUT2D eigenvalue weighted by Gasteiger charge is -2.31. The molecule has 0 N–H and O–H groups in total. The van der Waals surface area contributed by atoms with Crippen LogP contribution in [0.2, 0.25) is 0 Å². The van der Waals surface area contributed by atoms with E-state index in [0.717, 1.165) is 49.7 Å². The van der Waals surface area contributed by atoms with Gasteiger partial charge in [-0.1, -0.05) is 24.4 Å². The van der Waals surface area contributed by atoms with Gasteiger partial charge in [0.2, 0.25) is 5.91 Å². The smallest absolute Gasteiger partial charge is 0.329 e. The summed E-state index contributed by atoms with van der Waals surface area (Å²) in [6, 6.07) is 3.32. The van der Waals surface area contributed by atoms with Crippen LogP contribution in [0, 0.1) is 18.8 Å². The second-order valence-electron chi connectivity index (χ2n) is 12.6. The molecule has 10 nitrogen and oxygen atoms in total. The fourth-order valence-corrected chi connectivity index (χ4v) is 6.27. The molecule has 3 aromatic heterocycles. The highest BCUT2D eigenvalue weighted by Crippen LogP contribution is 2.39. The van der Waals surface area contributed by atoms with E-state index in [1.807, 2.05) is 13.0 Å². The highest BCUT2D eigenvalue weighted by molar-refractivity contribution is 5.96. The Morgan fingerprint density at radius 3 is 2.13 bits per heavy atom. The predicted octanol–water partition coefficient (Wildman–Crippen LogP) is 6.37. The van der Waals surface area contributed by atoms with E-state index in [1.54, 1.807) is 16.6 Å². The van der Waals surface area contributed by atoms with Crippen molar-refractivity contribution in [3.63, 3.8) is 0 Å². The fourth-order valence-electron chi connectivity index (χ4n) is 6.27. The van der Waals surface area contributed by atoms with E-state index in [0.29, 0.717) is 52.7 Å². The lowest BCUT2D eigenvalue weighted by atomic mass is 9.88. The molecule has 0 radical (unpaired) electrons. The first-order chi connectivity index (χ1) is 22.2. The number of tetrazole rings is 1. The van der Waals surface area contributed by atoms with Crippen LogP contribution in [0.15, 0.2) is 24.3 Å². The zero-order valence-electron chi connectivity index (χ0n) is 26.2. The molecule has 2 aliphatic rings. The maximum Gasteiger partial charge on any atom is 0.416 e. The first-order valence-electron chi connectivity index (χ1n) is 15.6. The standard InChI is InChI=1S/C31H35F6N9O/c1-18-25-13-22(26(38-27(25)43(2)40-18)46(16-19-9-10-19)28(47)21-7-5-4-6-8-21)17-45(29-39-42-44(3)41-29)15-20-11-23(30(32,33)34)14-24(12-20)31(35,36)37/h11-14,19,21H,4-10,15-17H2,1-3H3. The molecule has 0 saturated heterocycles. The van der Waals surface area contributed by atoms with Gasteiger partial charge in [0.05, 0.1) is 30.4 Å². The van der Waals surface area contributed by atoms with Crippen LogP contribution < -0.4 is 9.80 Å². The summed E-state index contributed by atoms with van der Waals surface area (Å²) in [6.07, 6.45) is -3.53. The Morgan fingerprint density at radius 2 is 1.55 bits per heavy atom. The molecule has 2 fully saturated rings. The number of nitrogens with zero attached hydrogens (tertiary/aromatic N) is 9. The fraction of sp³-hybridized carbons (Fsp3) is 0.548. The van der Waals surface area contributed by atoms with Gasteiger partial charge in [0.1, 0.15) is 5.82 Å². The summed E-state index contributed by atoms with van der Waals surface area (Å²) in [4.78, 5) is 23.4. The van der Waals surface area contributed by atoms with Crippen LogP contribution in [-0.2, 0) is 44.3 Å². The number of rotatable bonds is 9. The molecule has 0 bridgehead atoms. The molecule has 0 unspecified atom stereocenters. The summed E-state index contributed by atoms with van der Waals surface area (Å²) in [5, 5.41) is 17.3. The predicted molar refractivity (Wildman–Crippen MR) is 160 cm³/mol. The summed E-state index contributed by atoms with van der Waals surface area (Å²) in [6.45, 7) is 1.77. The Morgan fingerprint density at radius 1 is 0.894 bits per heavy atom.